The minimum Gasteiger partial charge on any atom is -0.394 e. The fourth-order valence-corrected chi connectivity index (χ4v) is 3.16. The molecule has 1 amide bonds. The Labute approximate surface area is 111 Å². The zero-order chi connectivity index (χ0) is 14.1. The van der Waals surface area contributed by atoms with Gasteiger partial charge in [0.15, 0.2) is 0 Å². The summed E-state index contributed by atoms with van der Waals surface area (Å²) < 4.78 is 26.6. The number of rotatable bonds is 5. The Kier molecular flexibility index (Phi) is 3.62. The lowest BCUT2D eigenvalue weighted by atomic mass is 10.3. The molecule has 104 valence electrons. The van der Waals surface area contributed by atoms with E-state index >= 15 is 0 Å². The SMILES string of the molecule is CC(=O)Nc1ccc(S(=O)(=O)NC2(CO)CC2)cc1. The van der Waals surface area contributed by atoms with Gasteiger partial charge in [-0.1, -0.05) is 0 Å². The summed E-state index contributed by atoms with van der Waals surface area (Å²) in [7, 11) is -3.64. The highest BCUT2D eigenvalue weighted by Crippen LogP contribution is 2.36. The molecule has 1 aromatic rings. The first-order valence-electron chi connectivity index (χ1n) is 5.89. The first-order valence-corrected chi connectivity index (χ1v) is 7.38. The number of sulfonamides is 1. The smallest absolute Gasteiger partial charge is 0.241 e. The lowest BCUT2D eigenvalue weighted by Crippen LogP contribution is -2.39. The van der Waals surface area contributed by atoms with Gasteiger partial charge in [-0.15, -0.1) is 0 Å². The number of benzene rings is 1. The largest absolute Gasteiger partial charge is 0.394 e. The summed E-state index contributed by atoms with van der Waals surface area (Å²) in [5, 5.41) is 11.7. The van der Waals surface area contributed by atoms with E-state index in [0.717, 1.165) is 0 Å². The van der Waals surface area contributed by atoms with Crippen LogP contribution in [0.15, 0.2) is 29.2 Å². The Hall–Kier alpha value is -1.44. The van der Waals surface area contributed by atoms with Gasteiger partial charge in [0.1, 0.15) is 0 Å². The fraction of sp³-hybridized carbons (Fsp3) is 0.417. The van der Waals surface area contributed by atoms with Crippen molar-refractivity contribution in [3.8, 4) is 0 Å². The summed E-state index contributed by atoms with van der Waals surface area (Å²) in [6.45, 7) is 1.18. The lowest BCUT2D eigenvalue weighted by molar-refractivity contribution is -0.114. The van der Waals surface area contributed by atoms with E-state index in [-0.39, 0.29) is 17.4 Å². The molecule has 3 N–H and O–H groups in total. The summed E-state index contributed by atoms with van der Waals surface area (Å²) >= 11 is 0. The lowest BCUT2D eigenvalue weighted by Gasteiger charge is -2.14. The van der Waals surface area contributed by atoms with Gasteiger partial charge in [0.2, 0.25) is 15.9 Å². The molecule has 19 heavy (non-hydrogen) atoms. The average molecular weight is 284 g/mol. The summed E-state index contributed by atoms with van der Waals surface area (Å²) in [5.74, 6) is -0.217. The van der Waals surface area contributed by atoms with Crippen LogP contribution in [0.3, 0.4) is 0 Å². The highest BCUT2D eigenvalue weighted by Gasteiger charge is 2.45. The molecule has 1 saturated carbocycles. The van der Waals surface area contributed by atoms with Crippen molar-refractivity contribution >= 4 is 21.6 Å². The first-order chi connectivity index (χ1) is 8.87. The average Bonchev–Trinajstić information content (AvgIpc) is 3.09. The predicted octanol–water partition coefficient (Wildman–Crippen LogP) is 0.448. The second-order valence-electron chi connectivity index (χ2n) is 4.75. The summed E-state index contributed by atoms with van der Waals surface area (Å²) in [4.78, 5) is 11.0. The van der Waals surface area contributed by atoms with E-state index in [0.29, 0.717) is 18.5 Å². The van der Waals surface area contributed by atoms with Crippen molar-refractivity contribution in [2.75, 3.05) is 11.9 Å². The minimum atomic E-state index is -3.64. The van der Waals surface area contributed by atoms with E-state index in [2.05, 4.69) is 10.0 Å². The van der Waals surface area contributed by atoms with Crippen LogP contribution in [0.25, 0.3) is 0 Å². The monoisotopic (exact) mass is 284 g/mol. The van der Waals surface area contributed by atoms with Gasteiger partial charge in [-0.2, -0.15) is 0 Å². The Morgan fingerprint density at radius 2 is 1.89 bits per heavy atom. The molecule has 0 unspecified atom stereocenters. The molecule has 2 rings (SSSR count). The van der Waals surface area contributed by atoms with Gasteiger partial charge in [-0.05, 0) is 37.1 Å². The molecule has 7 heteroatoms. The zero-order valence-electron chi connectivity index (χ0n) is 10.5. The maximum Gasteiger partial charge on any atom is 0.241 e. The summed E-state index contributed by atoms with van der Waals surface area (Å²) in [5.41, 5.74) is -0.149. The van der Waals surface area contributed by atoms with Crippen LogP contribution in [0.2, 0.25) is 0 Å². The van der Waals surface area contributed by atoms with Crippen LogP contribution in [0.5, 0.6) is 0 Å². The van der Waals surface area contributed by atoms with Crippen LogP contribution in [-0.2, 0) is 14.8 Å². The van der Waals surface area contributed by atoms with Crippen LogP contribution in [0.4, 0.5) is 5.69 Å². The van der Waals surface area contributed by atoms with E-state index in [4.69, 9.17) is 5.11 Å². The van der Waals surface area contributed by atoms with Crippen molar-refractivity contribution in [2.45, 2.75) is 30.2 Å². The second-order valence-corrected chi connectivity index (χ2v) is 6.43. The fourth-order valence-electron chi connectivity index (χ4n) is 1.71. The molecule has 1 aliphatic rings. The molecule has 0 heterocycles. The number of amides is 1. The number of carbonyl (C=O) groups excluding carboxylic acids is 1. The minimum absolute atomic E-state index is 0.112. The standard InChI is InChI=1S/C12H16N2O4S/c1-9(16)13-10-2-4-11(5-3-10)19(17,18)14-12(8-15)6-7-12/h2-5,14-15H,6-8H2,1H3,(H,13,16). The molecule has 6 nitrogen and oxygen atoms in total. The van der Waals surface area contributed by atoms with Crippen molar-refractivity contribution in [3.05, 3.63) is 24.3 Å². The molecular formula is C12H16N2O4S. The third-order valence-electron chi connectivity index (χ3n) is 2.99. The van der Waals surface area contributed by atoms with Crippen LogP contribution >= 0.6 is 0 Å². The van der Waals surface area contributed by atoms with E-state index in [1.165, 1.54) is 31.2 Å². The normalized spacial score (nSPS) is 16.9. The van der Waals surface area contributed by atoms with Crippen molar-refractivity contribution in [1.29, 1.82) is 0 Å². The number of nitrogens with one attached hydrogen (secondary N) is 2. The van der Waals surface area contributed by atoms with Gasteiger partial charge in [0, 0.05) is 12.6 Å². The van der Waals surface area contributed by atoms with Crippen LogP contribution < -0.4 is 10.0 Å². The van der Waals surface area contributed by atoms with Crippen molar-refractivity contribution < 1.29 is 18.3 Å². The Bertz CT molecular complexity index is 576. The second kappa shape index (κ2) is 4.92. The summed E-state index contributed by atoms with van der Waals surface area (Å²) in [6, 6.07) is 5.88. The van der Waals surface area contributed by atoms with E-state index in [1.54, 1.807) is 0 Å². The number of anilines is 1. The van der Waals surface area contributed by atoms with E-state index in [1.807, 2.05) is 0 Å². The van der Waals surface area contributed by atoms with Crippen molar-refractivity contribution in [3.63, 3.8) is 0 Å². The van der Waals surface area contributed by atoms with Crippen LogP contribution in [-0.4, -0.2) is 31.6 Å². The van der Waals surface area contributed by atoms with Crippen LogP contribution in [0, 0.1) is 0 Å². The van der Waals surface area contributed by atoms with Gasteiger partial charge < -0.3 is 10.4 Å². The molecule has 0 aromatic heterocycles. The van der Waals surface area contributed by atoms with Crippen LogP contribution in [0.1, 0.15) is 19.8 Å². The maximum absolute atomic E-state index is 12.1. The highest BCUT2D eigenvalue weighted by atomic mass is 32.2. The van der Waals surface area contributed by atoms with E-state index in [9.17, 15) is 13.2 Å². The maximum atomic E-state index is 12.1. The molecule has 0 spiro atoms. The number of carbonyl (C=O) groups is 1. The highest BCUT2D eigenvalue weighted by molar-refractivity contribution is 7.89. The number of aliphatic hydroxyl groups is 1. The molecule has 0 atom stereocenters. The Morgan fingerprint density at radius 1 is 1.32 bits per heavy atom. The molecule has 0 bridgehead atoms. The van der Waals surface area contributed by atoms with Gasteiger partial charge in [-0.25, -0.2) is 13.1 Å². The van der Waals surface area contributed by atoms with Crippen molar-refractivity contribution in [2.24, 2.45) is 0 Å². The number of aliphatic hydroxyl groups excluding tert-OH is 1. The first kappa shape index (κ1) is 14.0. The molecule has 1 aromatic carbocycles. The molecule has 0 saturated heterocycles. The Morgan fingerprint density at radius 3 is 2.32 bits per heavy atom. The van der Waals surface area contributed by atoms with E-state index < -0.39 is 15.6 Å². The molecule has 1 fully saturated rings. The third-order valence-corrected chi connectivity index (χ3v) is 4.59. The van der Waals surface area contributed by atoms with Gasteiger partial charge in [0.25, 0.3) is 0 Å². The summed E-state index contributed by atoms with van der Waals surface area (Å²) in [6.07, 6.45) is 1.29. The number of hydrogen-bond acceptors (Lipinski definition) is 4. The predicted molar refractivity (Wildman–Crippen MR) is 70.1 cm³/mol. The van der Waals surface area contributed by atoms with Gasteiger partial charge in [0.05, 0.1) is 17.0 Å². The molecule has 1 aliphatic carbocycles. The molecular weight excluding hydrogens is 268 g/mol. The topological polar surface area (TPSA) is 95.5 Å². The molecule has 0 radical (unpaired) electrons. The zero-order valence-corrected chi connectivity index (χ0v) is 11.3. The Balaban J connectivity index is 2.14. The number of hydrogen-bond donors (Lipinski definition) is 3. The third kappa shape index (κ3) is 3.31. The quantitative estimate of drug-likeness (QED) is 0.731. The molecule has 0 aliphatic heterocycles. The van der Waals surface area contributed by atoms with Gasteiger partial charge >= 0.3 is 0 Å². The van der Waals surface area contributed by atoms with Crippen molar-refractivity contribution in [1.82, 2.24) is 4.72 Å². The van der Waals surface area contributed by atoms with Gasteiger partial charge in [-0.3, -0.25) is 4.79 Å².